The average molecular weight is 405 g/mol. The minimum atomic E-state index is -0.0145. The maximum absolute atomic E-state index is 12.6. The fraction of sp³-hybridized carbons (Fsp3) is 0.375. The number of amides is 1. The van der Waals surface area contributed by atoms with E-state index >= 15 is 0 Å². The summed E-state index contributed by atoms with van der Waals surface area (Å²) in [6.07, 6.45) is 2.88. The third-order valence-electron chi connectivity index (χ3n) is 5.43. The number of hydrogen-bond acceptors (Lipinski definition) is 5. The summed E-state index contributed by atoms with van der Waals surface area (Å²) >= 11 is 0. The van der Waals surface area contributed by atoms with Crippen molar-refractivity contribution in [2.75, 3.05) is 11.4 Å². The molecule has 6 nitrogen and oxygen atoms in total. The number of rotatable bonds is 6. The maximum atomic E-state index is 12.6. The van der Waals surface area contributed by atoms with Gasteiger partial charge in [0.25, 0.3) is 5.91 Å². The van der Waals surface area contributed by atoms with Crippen LogP contribution >= 0.6 is 0 Å². The molecular weight excluding hydrogens is 376 g/mol. The quantitative estimate of drug-likeness (QED) is 0.660. The summed E-state index contributed by atoms with van der Waals surface area (Å²) < 4.78 is 5.54. The average Bonchev–Trinajstić information content (AvgIpc) is 3.21. The van der Waals surface area contributed by atoms with Crippen LogP contribution in [0.3, 0.4) is 0 Å². The van der Waals surface area contributed by atoms with Crippen LogP contribution in [-0.2, 0) is 19.4 Å². The van der Waals surface area contributed by atoms with Gasteiger partial charge in [0.2, 0.25) is 11.7 Å². The second kappa shape index (κ2) is 8.69. The largest absolute Gasteiger partial charge is 0.362 e. The lowest BCUT2D eigenvalue weighted by atomic mass is 9.95. The second-order valence-electron chi connectivity index (χ2n) is 8.02. The van der Waals surface area contributed by atoms with E-state index in [-0.39, 0.29) is 11.9 Å². The highest BCUT2D eigenvalue weighted by molar-refractivity contribution is 5.97. The van der Waals surface area contributed by atoms with Gasteiger partial charge in [0.05, 0.1) is 6.54 Å². The van der Waals surface area contributed by atoms with E-state index in [1.165, 1.54) is 5.56 Å². The topological polar surface area (TPSA) is 71.3 Å². The van der Waals surface area contributed by atoms with Crippen molar-refractivity contribution in [1.29, 1.82) is 0 Å². The number of fused-ring (bicyclic) bond motifs is 1. The van der Waals surface area contributed by atoms with Crippen LogP contribution in [-0.4, -0.2) is 28.6 Å². The summed E-state index contributed by atoms with van der Waals surface area (Å²) in [5, 5.41) is 7.17. The van der Waals surface area contributed by atoms with Crippen LogP contribution in [0.1, 0.15) is 54.6 Å². The fourth-order valence-electron chi connectivity index (χ4n) is 3.91. The van der Waals surface area contributed by atoms with Gasteiger partial charge in [0.1, 0.15) is 0 Å². The molecule has 1 amide bonds. The zero-order chi connectivity index (χ0) is 21.1. The Balaban J connectivity index is 1.54. The number of nitrogens with one attached hydrogen (secondary N) is 1. The molecule has 0 bridgehead atoms. The van der Waals surface area contributed by atoms with Crippen LogP contribution in [0.15, 0.2) is 47.0 Å². The van der Waals surface area contributed by atoms with Crippen LogP contribution in [0, 0.1) is 0 Å². The Morgan fingerprint density at radius 1 is 1.20 bits per heavy atom. The smallest absolute Gasteiger partial charge is 0.251 e. The van der Waals surface area contributed by atoms with E-state index in [1.54, 1.807) is 0 Å². The lowest BCUT2D eigenvalue weighted by molar-refractivity contribution is 0.0942. The van der Waals surface area contributed by atoms with E-state index in [4.69, 9.17) is 4.52 Å². The molecule has 0 fully saturated rings. The first-order valence-electron chi connectivity index (χ1n) is 10.6. The lowest BCUT2D eigenvalue weighted by Crippen LogP contribution is -2.34. The number of benzene rings is 2. The highest BCUT2D eigenvalue weighted by atomic mass is 16.5. The van der Waals surface area contributed by atoms with E-state index in [0.717, 1.165) is 48.2 Å². The number of aryl methyl sites for hydroxylation is 1. The molecule has 0 radical (unpaired) electrons. The van der Waals surface area contributed by atoms with Crippen molar-refractivity contribution in [2.24, 2.45) is 0 Å². The minimum Gasteiger partial charge on any atom is -0.362 e. The molecule has 2 heterocycles. The molecule has 156 valence electrons. The molecule has 0 spiro atoms. The van der Waals surface area contributed by atoms with E-state index in [1.807, 2.05) is 38.1 Å². The normalized spacial score (nSPS) is 13.4. The zero-order valence-corrected chi connectivity index (χ0v) is 17.8. The number of carbonyl (C=O) groups excluding carboxylic acids is 1. The fourth-order valence-corrected chi connectivity index (χ4v) is 3.91. The molecule has 0 aliphatic carbocycles. The van der Waals surface area contributed by atoms with Crippen molar-refractivity contribution in [1.82, 2.24) is 15.5 Å². The van der Waals surface area contributed by atoms with Crippen LogP contribution in [0.25, 0.3) is 11.4 Å². The van der Waals surface area contributed by atoms with E-state index in [9.17, 15) is 4.79 Å². The lowest BCUT2D eigenvalue weighted by Gasteiger charge is -2.31. The summed E-state index contributed by atoms with van der Waals surface area (Å²) in [5.74, 6) is 1.17. The van der Waals surface area contributed by atoms with Gasteiger partial charge in [-0.05, 0) is 56.4 Å². The summed E-state index contributed by atoms with van der Waals surface area (Å²) in [7, 11) is 0. The van der Waals surface area contributed by atoms with Gasteiger partial charge in [0, 0.05) is 29.4 Å². The molecular formula is C24H28N4O2. The molecule has 4 rings (SSSR count). The summed E-state index contributed by atoms with van der Waals surface area (Å²) in [5.41, 5.74) is 5.16. The van der Waals surface area contributed by atoms with Crippen molar-refractivity contribution in [3.8, 4) is 11.4 Å². The zero-order valence-electron chi connectivity index (χ0n) is 17.8. The second-order valence-corrected chi connectivity index (χ2v) is 8.02. The summed E-state index contributed by atoms with van der Waals surface area (Å²) in [6.45, 7) is 7.51. The number of aromatic nitrogens is 2. The number of anilines is 1. The Morgan fingerprint density at radius 2 is 2.00 bits per heavy atom. The number of nitrogens with zero attached hydrogens (tertiary/aromatic N) is 3. The predicted octanol–water partition coefficient (Wildman–Crippen LogP) is 4.39. The molecule has 1 aliphatic heterocycles. The Kier molecular flexibility index (Phi) is 5.84. The van der Waals surface area contributed by atoms with Crippen molar-refractivity contribution in [2.45, 2.75) is 52.6 Å². The van der Waals surface area contributed by atoms with Gasteiger partial charge in [-0.2, -0.15) is 4.98 Å². The molecule has 1 aromatic heterocycles. The van der Waals surface area contributed by atoms with Gasteiger partial charge in [-0.25, -0.2) is 0 Å². The van der Waals surface area contributed by atoms with Crippen LogP contribution in [0.4, 0.5) is 5.69 Å². The molecule has 0 saturated heterocycles. The molecule has 2 aromatic carbocycles. The minimum absolute atomic E-state index is 0.0145. The monoisotopic (exact) mass is 404 g/mol. The summed E-state index contributed by atoms with van der Waals surface area (Å²) in [4.78, 5) is 19.5. The third kappa shape index (κ3) is 4.22. The highest BCUT2D eigenvalue weighted by Crippen LogP contribution is 2.31. The van der Waals surface area contributed by atoms with Gasteiger partial charge in [-0.3, -0.25) is 4.79 Å². The predicted molar refractivity (Wildman–Crippen MR) is 118 cm³/mol. The molecule has 0 atom stereocenters. The number of hydrogen-bond donors (Lipinski definition) is 1. The Bertz CT molecular complexity index is 1020. The van der Waals surface area contributed by atoms with Crippen LogP contribution in [0.5, 0.6) is 0 Å². The Hall–Kier alpha value is -3.15. The Labute approximate surface area is 177 Å². The summed E-state index contributed by atoms with van der Waals surface area (Å²) in [6, 6.07) is 14.3. The van der Waals surface area contributed by atoms with Gasteiger partial charge >= 0.3 is 0 Å². The van der Waals surface area contributed by atoms with Crippen molar-refractivity contribution in [3.63, 3.8) is 0 Å². The van der Waals surface area contributed by atoms with Crippen molar-refractivity contribution >= 4 is 11.6 Å². The molecule has 30 heavy (non-hydrogen) atoms. The molecule has 0 unspecified atom stereocenters. The van der Waals surface area contributed by atoms with Gasteiger partial charge in [-0.15, -0.1) is 0 Å². The SMILES string of the molecule is CCc1ccc(-c2noc(CN3CCCc4c(C(=O)NC(C)C)cccc43)n2)cc1. The van der Waals surface area contributed by atoms with Crippen LogP contribution < -0.4 is 10.2 Å². The van der Waals surface area contributed by atoms with Crippen molar-refractivity contribution in [3.05, 3.63) is 65.0 Å². The standard InChI is InChI=1S/C24H28N4O2/c1-4-17-10-12-18(13-11-17)23-26-22(30-27-23)15-28-14-6-8-19-20(7-5-9-21(19)28)24(29)25-16(2)3/h5,7,9-13,16H,4,6,8,14-15H2,1-3H3,(H,25,29). The first-order valence-corrected chi connectivity index (χ1v) is 10.6. The Morgan fingerprint density at radius 3 is 2.73 bits per heavy atom. The highest BCUT2D eigenvalue weighted by Gasteiger charge is 2.24. The molecule has 0 saturated carbocycles. The van der Waals surface area contributed by atoms with Gasteiger partial charge < -0.3 is 14.7 Å². The molecule has 1 aliphatic rings. The maximum Gasteiger partial charge on any atom is 0.251 e. The first kappa shape index (κ1) is 20.1. The number of carbonyl (C=O) groups is 1. The van der Waals surface area contributed by atoms with E-state index in [0.29, 0.717) is 18.3 Å². The van der Waals surface area contributed by atoms with E-state index < -0.39 is 0 Å². The molecule has 3 aromatic rings. The van der Waals surface area contributed by atoms with Crippen molar-refractivity contribution < 1.29 is 9.32 Å². The first-order chi connectivity index (χ1) is 14.5. The van der Waals surface area contributed by atoms with Gasteiger partial charge in [0.15, 0.2) is 0 Å². The third-order valence-corrected chi connectivity index (χ3v) is 5.43. The molecule has 6 heteroatoms. The van der Waals surface area contributed by atoms with Crippen LogP contribution in [0.2, 0.25) is 0 Å². The van der Waals surface area contributed by atoms with E-state index in [2.05, 4.69) is 45.5 Å². The van der Waals surface area contributed by atoms with Gasteiger partial charge in [-0.1, -0.05) is 42.4 Å². The molecule has 1 N–H and O–H groups in total.